The minimum absolute atomic E-state index is 0.144. The van der Waals surface area contributed by atoms with Crippen LogP contribution in [0.2, 0.25) is 0 Å². The maximum absolute atomic E-state index is 13.0. The van der Waals surface area contributed by atoms with E-state index in [9.17, 15) is 9.90 Å². The maximum atomic E-state index is 13.0. The Kier molecular flexibility index (Phi) is 7.26. The lowest BCUT2D eigenvalue weighted by Gasteiger charge is -2.57. The standard InChI is InChI=1S/C30H38N2O3/c1-2-7-24-8-3-5-10-27(24)32-29(34)26-9-4-6-11-28(26)35-19-25(33)18-31-20-30-15-21-12-22(16-30)14-23(13-21)17-30/h2-6,8-11,21-23,25,31,33H,1,7,12-20H2,(H,32,34). The second-order valence-electron chi connectivity index (χ2n) is 11.1. The van der Waals surface area contributed by atoms with Crippen LogP contribution in [-0.2, 0) is 6.42 Å². The van der Waals surface area contributed by atoms with Gasteiger partial charge in [-0.15, -0.1) is 6.58 Å². The summed E-state index contributed by atoms with van der Waals surface area (Å²) in [5.74, 6) is 3.05. The third-order valence-electron chi connectivity index (χ3n) is 8.24. The van der Waals surface area contributed by atoms with Crippen LogP contribution in [0, 0.1) is 23.2 Å². The van der Waals surface area contributed by atoms with E-state index in [1.54, 1.807) is 12.1 Å². The summed E-state index contributed by atoms with van der Waals surface area (Å²) in [7, 11) is 0. The number of rotatable bonds is 11. The van der Waals surface area contributed by atoms with E-state index in [2.05, 4.69) is 17.2 Å². The van der Waals surface area contributed by atoms with E-state index in [0.29, 0.717) is 29.7 Å². The van der Waals surface area contributed by atoms with Gasteiger partial charge in [0.25, 0.3) is 5.91 Å². The summed E-state index contributed by atoms with van der Waals surface area (Å²) in [6.07, 6.45) is 10.3. The molecule has 1 amide bonds. The van der Waals surface area contributed by atoms with E-state index in [4.69, 9.17) is 4.74 Å². The number of carbonyl (C=O) groups is 1. The van der Waals surface area contributed by atoms with Crippen LogP contribution >= 0.6 is 0 Å². The third kappa shape index (κ3) is 5.62. The van der Waals surface area contributed by atoms with Crippen molar-refractivity contribution < 1.29 is 14.6 Å². The Balaban J connectivity index is 1.13. The van der Waals surface area contributed by atoms with E-state index >= 15 is 0 Å². The van der Waals surface area contributed by atoms with Gasteiger partial charge in [0.15, 0.2) is 0 Å². The van der Waals surface area contributed by atoms with Gasteiger partial charge < -0.3 is 20.5 Å². The molecule has 0 radical (unpaired) electrons. The zero-order valence-corrected chi connectivity index (χ0v) is 20.5. The van der Waals surface area contributed by atoms with Crippen LogP contribution in [0.25, 0.3) is 0 Å². The normalized spacial score (nSPS) is 27.4. The quantitative estimate of drug-likeness (QED) is 0.391. The average Bonchev–Trinajstić information content (AvgIpc) is 2.83. The molecule has 5 heteroatoms. The fourth-order valence-electron chi connectivity index (χ4n) is 7.20. The first-order valence-electron chi connectivity index (χ1n) is 13.1. The van der Waals surface area contributed by atoms with E-state index < -0.39 is 6.10 Å². The highest BCUT2D eigenvalue weighted by Crippen LogP contribution is 2.59. The van der Waals surface area contributed by atoms with E-state index in [1.807, 2.05) is 42.5 Å². The summed E-state index contributed by atoms with van der Waals surface area (Å²) in [5, 5.41) is 17.1. The topological polar surface area (TPSA) is 70.6 Å². The summed E-state index contributed by atoms with van der Waals surface area (Å²) in [4.78, 5) is 13.0. The summed E-state index contributed by atoms with van der Waals surface area (Å²) in [6.45, 7) is 5.44. The number of aliphatic hydroxyl groups excluding tert-OH is 1. The number of allylic oxidation sites excluding steroid dienone is 1. The monoisotopic (exact) mass is 474 g/mol. The van der Waals surface area contributed by atoms with Crippen molar-refractivity contribution in [3.63, 3.8) is 0 Å². The lowest BCUT2D eigenvalue weighted by atomic mass is 9.49. The van der Waals surface area contributed by atoms with E-state index in [0.717, 1.165) is 35.5 Å². The van der Waals surface area contributed by atoms with Crippen molar-refractivity contribution >= 4 is 11.6 Å². The first-order chi connectivity index (χ1) is 17.0. The third-order valence-corrected chi connectivity index (χ3v) is 8.24. The van der Waals surface area contributed by atoms with E-state index in [-0.39, 0.29) is 12.5 Å². The molecule has 186 valence electrons. The Hall–Kier alpha value is -2.63. The molecule has 0 heterocycles. The second kappa shape index (κ2) is 10.5. The molecular weight excluding hydrogens is 436 g/mol. The van der Waals surface area contributed by atoms with Crippen LogP contribution in [0.4, 0.5) is 5.69 Å². The van der Waals surface area contributed by atoms with Crippen molar-refractivity contribution in [1.29, 1.82) is 0 Å². The van der Waals surface area contributed by atoms with Crippen LogP contribution in [0.5, 0.6) is 5.75 Å². The highest BCUT2D eigenvalue weighted by Gasteiger charge is 2.50. The largest absolute Gasteiger partial charge is 0.490 e. The molecule has 1 atom stereocenters. The van der Waals surface area contributed by atoms with Crippen LogP contribution in [-0.4, -0.2) is 36.8 Å². The lowest BCUT2D eigenvalue weighted by molar-refractivity contribution is -0.0524. The van der Waals surface area contributed by atoms with Crippen LogP contribution < -0.4 is 15.4 Å². The van der Waals surface area contributed by atoms with Crippen molar-refractivity contribution in [1.82, 2.24) is 5.32 Å². The van der Waals surface area contributed by atoms with Crippen LogP contribution in [0.3, 0.4) is 0 Å². The van der Waals surface area contributed by atoms with Gasteiger partial charge in [0, 0.05) is 18.8 Å². The number of amides is 1. The SMILES string of the molecule is C=CCc1ccccc1NC(=O)c1ccccc1OCC(O)CNCC12CC3CC(CC(C3)C1)C2. The van der Waals surface area contributed by atoms with Crippen molar-refractivity contribution in [3.05, 3.63) is 72.3 Å². The van der Waals surface area contributed by atoms with Crippen molar-refractivity contribution in [2.45, 2.75) is 51.0 Å². The fourth-order valence-corrected chi connectivity index (χ4v) is 7.20. The zero-order chi connectivity index (χ0) is 24.3. The van der Waals surface area contributed by atoms with Gasteiger partial charge in [-0.25, -0.2) is 0 Å². The molecule has 4 saturated carbocycles. The Morgan fingerprint density at radius 3 is 2.43 bits per heavy atom. The highest BCUT2D eigenvalue weighted by molar-refractivity contribution is 6.06. The van der Waals surface area contributed by atoms with Gasteiger partial charge in [-0.2, -0.15) is 0 Å². The number of hydrogen-bond donors (Lipinski definition) is 3. The molecule has 0 spiro atoms. The molecule has 6 rings (SSSR count). The Morgan fingerprint density at radius 2 is 1.71 bits per heavy atom. The van der Waals surface area contributed by atoms with Gasteiger partial charge in [0.2, 0.25) is 0 Å². The first-order valence-corrected chi connectivity index (χ1v) is 13.1. The first kappa shape index (κ1) is 24.1. The number of hydrogen-bond acceptors (Lipinski definition) is 4. The molecule has 4 bridgehead atoms. The minimum Gasteiger partial charge on any atom is -0.490 e. The van der Waals surface area contributed by atoms with E-state index in [1.165, 1.54) is 38.5 Å². The van der Waals surface area contributed by atoms with Crippen molar-refractivity contribution in [2.75, 3.05) is 25.0 Å². The zero-order valence-electron chi connectivity index (χ0n) is 20.5. The lowest BCUT2D eigenvalue weighted by Crippen LogP contribution is -2.51. The molecule has 4 aliphatic carbocycles. The van der Waals surface area contributed by atoms with Gasteiger partial charge in [-0.05, 0) is 91.9 Å². The number of ether oxygens (including phenoxy) is 1. The predicted molar refractivity (Wildman–Crippen MR) is 140 cm³/mol. The molecule has 3 N–H and O–H groups in total. The summed E-state index contributed by atoms with van der Waals surface area (Å²) < 4.78 is 5.91. The average molecular weight is 475 g/mol. The molecule has 0 saturated heterocycles. The Morgan fingerprint density at radius 1 is 1.06 bits per heavy atom. The van der Waals surface area contributed by atoms with Gasteiger partial charge in [0.05, 0.1) is 5.56 Å². The molecule has 4 aliphatic rings. The van der Waals surface area contributed by atoms with Gasteiger partial charge in [-0.1, -0.05) is 36.4 Å². The molecule has 5 nitrogen and oxygen atoms in total. The molecule has 1 unspecified atom stereocenters. The van der Waals surface area contributed by atoms with Gasteiger partial charge >= 0.3 is 0 Å². The summed E-state index contributed by atoms with van der Waals surface area (Å²) >= 11 is 0. The number of nitrogens with one attached hydrogen (secondary N) is 2. The Bertz CT molecular complexity index is 1010. The number of para-hydroxylation sites is 2. The van der Waals surface area contributed by atoms with Crippen molar-refractivity contribution in [2.24, 2.45) is 23.2 Å². The molecule has 4 fully saturated rings. The highest BCUT2D eigenvalue weighted by atomic mass is 16.5. The number of anilines is 1. The number of carbonyl (C=O) groups excluding carboxylic acids is 1. The number of benzene rings is 2. The second-order valence-corrected chi connectivity index (χ2v) is 11.1. The minimum atomic E-state index is -0.631. The Labute approximate surface area is 209 Å². The molecule has 2 aromatic carbocycles. The molecule has 0 aromatic heterocycles. The van der Waals surface area contributed by atoms with Gasteiger partial charge in [-0.3, -0.25) is 4.79 Å². The smallest absolute Gasteiger partial charge is 0.259 e. The predicted octanol–water partition coefficient (Wildman–Crippen LogP) is 5.21. The number of aliphatic hydroxyl groups is 1. The fraction of sp³-hybridized carbons (Fsp3) is 0.500. The molecule has 0 aliphatic heterocycles. The van der Waals surface area contributed by atoms with Crippen molar-refractivity contribution in [3.8, 4) is 5.75 Å². The maximum Gasteiger partial charge on any atom is 0.259 e. The van der Waals surface area contributed by atoms with Gasteiger partial charge in [0.1, 0.15) is 18.5 Å². The molecule has 2 aromatic rings. The summed E-state index contributed by atoms with van der Waals surface area (Å²) in [6, 6.07) is 14.9. The molecule has 35 heavy (non-hydrogen) atoms. The molecular formula is C30H38N2O3. The summed E-state index contributed by atoms with van der Waals surface area (Å²) in [5.41, 5.74) is 2.67. The van der Waals surface area contributed by atoms with Crippen LogP contribution in [0.1, 0.15) is 54.4 Å². The van der Waals surface area contributed by atoms with Crippen LogP contribution in [0.15, 0.2) is 61.2 Å².